The Morgan fingerprint density at radius 3 is 2.24 bits per heavy atom. The molecule has 1 amide bonds. The molecule has 0 heterocycles. The van der Waals surface area contributed by atoms with Gasteiger partial charge in [-0.15, -0.1) is 0 Å². The molecule has 2 aromatic rings. The van der Waals surface area contributed by atoms with E-state index in [1.54, 1.807) is 0 Å². The van der Waals surface area contributed by atoms with Crippen molar-refractivity contribution in [2.75, 3.05) is 10.7 Å². The van der Waals surface area contributed by atoms with Crippen LogP contribution in [0.2, 0.25) is 5.02 Å². The van der Waals surface area contributed by atoms with E-state index in [1.165, 1.54) is 12.1 Å². The molecule has 8 heteroatoms. The van der Waals surface area contributed by atoms with Crippen LogP contribution in [0.1, 0.15) is 10.4 Å². The summed E-state index contributed by atoms with van der Waals surface area (Å²) < 4.78 is 40.5. The lowest BCUT2D eigenvalue weighted by molar-refractivity contribution is 0.102. The van der Waals surface area contributed by atoms with E-state index in [2.05, 4.69) is 5.32 Å². The standard InChI is InChI=1S/C13H9ClF3N3O/c14-7-1-2-8(15)11(5-7)19-13(21)6-3-9(16)12(20-18)10(17)4-6/h1-5,20H,18H2,(H,19,21). The summed E-state index contributed by atoms with van der Waals surface area (Å²) in [5, 5.41) is 2.38. The first-order valence-corrected chi connectivity index (χ1v) is 6.02. The zero-order valence-corrected chi connectivity index (χ0v) is 11.1. The molecule has 0 aromatic heterocycles. The van der Waals surface area contributed by atoms with Crippen molar-refractivity contribution in [3.63, 3.8) is 0 Å². The maximum atomic E-state index is 13.5. The fraction of sp³-hybridized carbons (Fsp3) is 0. The molecule has 0 aliphatic heterocycles. The Hall–Kier alpha value is -2.25. The first kappa shape index (κ1) is 15.1. The number of nitrogens with two attached hydrogens (primary N) is 1. The predicted octanol–water partition coefficient (Wildman–Crippen LogP) is 3.30. The van der Waals surface area contributed by atoms with Crippen molar-refractivity contribution in [3.8, 4) is 0 Å². The fourth-order valence-corrected chi connectivity index (χ4v) is 1.80. The summed E-state index contributed by atoms with van der Waals surface area (Å²) >= 11 is 5.68. The lowest BCUT2D eigenvalue weighted by Gasteiger charge is -2.09. The van der Waals surface area contributed by atoms with E-state index in [4.69, 9.17) is 17.4 Å². The summed E-state index contributed by atoms with van der Waals surface area (Å²) in [6.45, 7) is 0. The summed E-state index contributed by atoms with van der Waals surface area (Å²) in [5.74, 6) is 1.23. The second-order valence-corrected chi connectivity index (χ2v) is 4.47. The van der Waals surface area contributed by atoms with Crippen LogP contribution in [0.5, 0.6) is 0 Å². The average Bonchev–Trinajstić information content (AvgIpc) is 2.42. The molecule has 110 valence electrons. The molecule has 0 saturated carbocycles. The lowest BCUT2D eigenvalue weighted by Crippen LogP contribution is -2.16. The van der Waals surface area contributed by atoms with E-state index in [1.807, 2.05) is 5.43 Å². The molecule has 2 rings (SSSR count). The van der Waals surface area contributed by atoms with Gasteiger partial charge >= 0.3 is 0 Å². The maximum absolute atomic E-state index is 13.5. The van der Waals surface area contributed by atoms with Gasteiger partial charge in [-0.05, 0) is 30.3 Å². The van der Waals surface area contributed by atoms with Gasteiger partial charge in [-0.25, -0.2) is 13.2 Å². The van der Waals surface area contributed by atoms with Crippen LogP contribution in [0.3, 0.4) is 0 Å². The van der Waals surface area contributed by atoms with Gasteiger partial charge in [-0.2, -0.15) is 0 Å². The van der Waals surface area contributed by atoms with Crippen LogP contribution in [-0.4, -0.2) is 5.91 Å². The molecule has 0 spiro atoms. The molecule has 0 atom stereocenters. The number of anilines is 2. The minimum Gasteiger partial charge on any atom is -0.319 e. The zero-order chi connectivity index (χ0) is 15.6. The van der Waals surface area contributed by atoms with E-state index < -0.39 is 29.0 Å². The van der Waals surface area contributed by atoms with Crippen LogP contribution in [0.4, 0.5) is 24.5 Å². The van der Waals surface area contributed by atoms with Crippen molar-refractivity contribution >= 4 is 28.9 Å². The van der Waals surface area contributed by atoms with Crippen molar-refractivity contribution in [2.45, 2.75) is 0 Å². The smallest absolute Gasteiger partial charge is 0.255 e. The molecular formula is C13H9ClF3N3O. The van der Waals surface area contributed by atoms with Crippen molar-refractivity contribution < 1.29 is 18.0 Å². The van der Waals surface area contributed by atoms with Crippen molar-refractivity contribution in [1.82, 2.24) is 0 Å². The number of nitrogens with one attached hydrogen (secondary N) is 2. The van der Waals surface area contributed by atoms with Crippen LogP contribution >= 0.6 is 11.6 Å². The Bertz CT molecular complexity index is 686. The highest BCUT2D eigenvalue weighted by Gasteiger charge is 2.16. The third-order valence-electron chi connectivity index (χ3n) is 2.63. The van der Waals surface area contributed by atoms with Gasteiger partial charge in [0.05, 0.1) is 5.69 Å². The molecule has 21 heavy (non-hydrogen) atoms. The number of hydrogen-bond donors (Lipinski definition) is 3. The second-order valence-electron chi connectivity index (χ2n) is 4.04. The number of amides is 1. The average molecular weight is 316 g/mol. The van der Waals surface area contributed by atoms with E-state index in [0.717, 1.165) is 18.2 Å². The number of hydrogen-bond acceptors (Lipinski definition) is 3. The Balaban J connectivity index is 2.31. The van der Waals surface area contributed by atoms with Crippen LogP contribution in [-0.2, 0) is 0 Å². The highest BCUT2D eigenvalue weighted by molar-refractivity contribution is 6.31. The molecular weight excluding hydrogens is 307 g/mol. The van der Waals surface area contributed by atoms with E-state index in [-0.39, 0.29) is 16.3 Å². The minimum absolute atomic E-state index is 0.200. The quantitative estimate of drug-likeness (QED) is 0.601. The maximum Gasteiger partial charge on any atom is 0.255 e. The van der Waals surface area contributed by atoms with Crippen LogP contribution < -0.4 is 16.6 Å². The minimum atomic E-state index is -1.05. The third kappa shape index (κ3) is 3.26. The van der Waals surface area contributed by atoms with E-state index in [9.17, 15) is 18.0 Å². The second kappa shape index (κ2) is 6.02. The molecule has 0 bridgehead atoms. The number of carbonyl (C=O) groups is 1. The third-order valence-corrected chi connectivity index (χ3v) is 2.86. The summed E-state index contributed by atoms with van der Waals surface area (Å²) in [5.41, 5.74) is 0.738. The Morgan fingerprint density at radius 2 is 1.67 bits per heavy atom. The molecule has 0 aliphatic rings. The summed E-state index contributed by atoms with van der Waals surface area (Å²) in [6, 6.07) is 5.08. The molecule has 0 saturated heterocycles. The van der Waals surface area contributed by atoms with Gasteiger partial charge in [-0.1, -0.05) is 11.6 Å². The Morgan fingerprint density at radius 1 is 1.05 bits per heavy atom. The number of hydrazine groups is 1. The molecule has 0 unspecified atom stereocenters. The number of carbonyl (C=O) groups excluding carboxylic acids is 1. The lowest BCUT2D eigenvalue weighted by atomic mass is 10.1. The van der Waals surface area contributed by atoms with Crippen LogP contribution in [0.15, 0.2) is 30.3 Å². The number of rotatable bonds is 3. The van der Waals surface area contributed by atoms with Gasteiger partial charge in [0.25, 0.3) is 5.91 Å². The van der Waals surface area contributed by atoms with Crippen LogP contribution in [0.25, 0.3) is 0 Å². The van der Waals surface area contributed by atoms with E-state index in [0.29, 0.717) is 0 Å². The van der Waals surface area contributed by atoms with Crippen molar-refractivity contribution in [2.24, 2.45) is 5.84 Å². The van der Waals surface area contributed by atoms with Crippen molar-refractivity contribution in [1.29, 1.82) is 0 Å². The molecule has 0 radical (unpaired) electrons. The largest absolute Gasteiger partial charge is 0.319 e. The van der Waals surface area contributed by atoms with Gasteiger partial charge < -0.3 is 10.7 Å². The topological polar surface area (TPSA) is 67.1 Å². The number of halogens is 4. The summed E-state index contributed by atoms with van der Waals surface area (Å²) in [6.07, 6.45) is 0. The van der Waals surface area contributed by atoms with Gasteiger partial charge in [0.1, 0.15) is 11.5 Å². The van der Waals surface area contributed by atoms with Gasteiger partial charge in [0.2, 0.25) is 0 Å². The first-order valence-electron chi connectivity index (χ1n) is 5.64. The SMILES string of the molecule is NNc1c(F)cc(C(=O)Nc2cc(Cl)ccc2F)cc1F. The van der Waals surface area contributed by atoms with Crippen molar-refractivity contribution in [3.05, 3.63) is 58.4 Å². The van der Waals surface area contributed by atoms with Gasteiger partial charge in [-0.3, -0.25) is 10.6 Å². The predicted molar refractivity (Wildman–Crippen MR) is 73.5 cm³/mol. The molecule has 4 nitrogen and oxygen atoms in total. The van der Waals surface area contributed by atoms with E-state index >= 15 is 0 Å². The molecule has 0 aliphatic carbocycles. The molecule has 4 N–H and O–H groups in total. The number of nitrogen functional groups attached to an aromatic ring is 1. The summed E-state index contributed by atoms with van der Waals surface area (Å²) in [7, 11) is 0. The molecule has 2 aromatic carbocycles. The Labute approximate surface area is 122 Å². The first-order chi connectivity index (χ1) is 9.92. The zero-order valence-electron chi connectivity index (χ0n) is 10.4. The summed E-state index contributed by atoms with van der Waals surface area (Å²) in [4.78, 5) is 11.9. The molecule has 0 fully saturated rings. The monoisotopic (exact) mass is 315 g/mol. The Kier molecular flexibility index (Phi) is 4.35. The van der Waals surface area contributed by atoms with Gasteiger partial charge in [0.15, 0.2) is 11.6 Å². The van der Waals surface area contributed by atoms with Crippen LogP contribution in [0, 0.1) is 17.5 Å². The normalized spacial score (nSPS) is 10.3. The highest BCUT2D eigenvalue weighted by Crippen LogP contribution is 2.23. The fourth-order valence-electron chi connectivity index (χ4n) is 1.63. The number of benzene rings is 2. The highest BCUT2D eigenvalue weighted by atomic mass is 35.5. The van der Waals surface area contributed by atoms with Gasteiger partial charge in [0, 0.05) is 10.6 Å².